The van der Waals surface area contributed by atoms with Gasteiger partial charge in [0.1, 0.15) is 5.82 Å². The van der Waals surface area contributed by atoms with Crippen LogP contribution in [0.5, 0.6) is 0 Å². The van der Waals surface area contributed by atoms with E-state index in [2.05, 4.69) is 33.9 Å². The first-order chi connectivity index (χ1) is 11.7. The smallest absolute Gasteiger partial charge is 0.320 e. The van der Waals surface area contributed by atoms with Gasteiger partial charge >= 0.3 is 6.03 Å². The van der Waals surface area contributed by atoms with Crippen molar-refractivity contribution >= 4 is 23.2 Å². The molecule has 0 spiro atoms. The minimum atomic E-state index is -0.172. The second-order valence-corrected chi connectivity index (χ2v) is 6.31. The van der Waals surface area contributed by atoms with Gasteiger partial charge < -0.3 is 10.6 Å². The lowest BCUT2D eigenvalue weighted by Crippen LogP contribution is -2.39. The molecule has 3 N–H and O–H groups in total. The second kappa shape index (κ2) is 7.81. The van der Waals surface area contributed by atoms with Crippen molar-refractivity contribution in [2.75, 3.05) is 10.6 Å². The monoisotopic (exact) mass is 324 g/mol. The highest BCUT2D eigenvalue weighted by Crippen LogP contribution is 2.20. The van der Waals surface area contributed by atoms with E-state index in [0.29, 0.717) is 11.9 Å². The quantitative estimate of drug-likeness (QED) is 0.770. The van der Waals surface area contributed by atoms with Crippen LogP contribution >= 0.6 is 0 Å². The van der Waals surface area contributed by atoms with Crippen LogP contribution in [-0.4, -0.2) is 17.1 Å². The van der Waals surface area contributed by atoms with Crippen molar-refractivity contribution in [2.45, 2.75) is 45.1 Å². The van der Waals surface area contributed by atoms with Gasteiger partial charge in [-0.05, 0) is 43.5 Å². The van der Waals surface area contributed by atoms with E-state index >= 15 is 0 Å². The molecule has 1 aromatic heterocycles. The van der Waals surface area contributed by atoms with E-state index in [0.717, 1.165) is 24.2 Å². The van der Waals surface area contributed by atoms with Gasteiger partial charge in [-0.2, -0.15) is 0 Å². The minimum absolute atomic E-state index is 0.172. The van der Waals surface area contributed by atoms with Crippen LogP contribution in [0.3, 0.4) is 0 Å². The number of nitrogens with one attached hydrogen (secondary N) is 3. The summed E-state index contributed by atoms with van der Waals surface area (Å²) in [5.41, 5.74) is 3.11. The molecule has 3 rings (SSSR count). The second-order valence-electron chi connectivity index (χ2n) is 6.31. The SMILES string of the molecule is Cc1ccccc1Nc1ccc(NC(=O)NC2CCCCC2)nc1. The minimum Gasteiger partial charge on any atom is -0.354 e. The van der Waals surface area contributed by atoms with Gasteiger partial charge in [0.05, 0.1) is 11.9 Å². The van der Waals surface area contributed by atoms with Gasteiger partial charge in [0, 0.05) is 11.7 Å². The Morgan fingerprint density at radius 3 is 2.58 bits per heavy atom. The molecule has 126 valence electrons. The van der Waals surface area contributed by atoms with E-state index in [1.54, 1.807) is 12.3 Å². The van der Waals surface area contributed by atoms with Gasteiger partial charge in [-0.3, -0.25) is 5.32 Å². The zero-order valence-corrected chi connectivity index (χ0v) is 14.0. The van der Waals surface area contributed by atoms with E-state index in [9.17, 15) is 4.79 Å². The molecule has 0 saturated heterocycles. The van der Waals surface area contributed by atoms with Crippen LogP contribution in [0.1, 0.15) is 37.7 Å². The summed E-state index contributed by atoms with van der Waals surface area (Å²) < 4.78 is 0. The van der Waals surface area contributed by atoms with Crippen molar-refractivity contribution in [3.05, 3.63) is 48.2 Å². The zero-order valence-electron chi connectivity index (χ0n) is 14.0. The number of amides is 2. The summed E-state index contributed by atoms with van der Waals surface area (Å²) in [5.74, 6) is 0.554. The largest absolute Gasteiger partial charge is 0.354 e. The maximum absolute atomic E-state index is 12.0. The highest BCUT2D eigenvalue weighted by molar-refractivity contribution is 5.88. The van der Waals surface area contributed by atoms with Crippen LogP contribution in [0.4, 0.5) is 22.0 Å². The predicted molar refractivity (Wildman–Crippen MR) is 97.7 cm³/mol. The molecule has 1 aliphatic rings. The molecule has 0 atom stereocenters. The number of hydrogen-bond donors (Lipinski definition) is 3. The van der Waals surface area contributed by atoms with Crippen molar-refractivity contribution in [3.8, 4) is 0 Å². The van der Waals surface area contributed by atoms with Gasteiger partial charge in [-0.15, -0.1) is 0 Å². The fourth-order valence-electron chi connectivity index (χ4n) is 3.00. The lowest BCUT2D eigenvalue weighted by Gasteiger charge is -2.22. The summed E-state index contributed by atoms with van der Waals surface area (Å²) in [4.78, 5) is 16.3. The molecule has 5 nitrogen and oxygen atoms in total. The van der Waals surface area contributed by atoms with E-state index in [1.165, 1.54) is 24.8 Å². The van der Waals surface area contributed by atoms with Crippen LogP contribution in [0.15, 0.2) is 42.6 Å². The lowest BCUT2D eigenvalue weighted by molar-refractivity contribution is 0.244. The maximum Gasteiger partial charge on any atom is 0.320 e. The highest BCUT2D eigenvalue weighted by atomic mass is 16.2. The standard InChI is InChI=1S/C19H24N4O/c1-14-7-5-6-10-17(14)21-16-11-12-18(20-13-16)23-19(24)22-15-8-3-2-4-9-15/h5-7,10-13,15,21H,2-4,8-9H2,1H3,(H2,20,22,23,24). The van der Waals surface area contributed by atoms with Gasteiger partial charge in [0.25, 0.3) is 0 Å². The molecule has 1 aromatic carbocycles. The first-order valence-corrected chi connectivity index (χ1v) is 8.57. The molecule has 2 amide bonds. The first-order valence-electron chi connectivity index (χ1n) is 8.57. The average molecular weight is 324 g/mol. The predicted octanol–water partition coefficient (Wildman–Crippen LogP) is 4.59. The number of carbonyl (C=O) groups excluding carboxylic acids is 1. The summed E-state index contributed by atoms with van der Waals surface area (Å²) >= 11 is 0. The van der Waals surface area contributed by atoms with E-state index < -0.39 is 0 Å². The van der Waals surface area contributed by atoms with E-state index in [-0.39, 0.29) is 6.03 Å². The Morgan fingerprint density at radius 2 is 1.88 bits per heavy atom. The number of benzene rings is 1. The van der Waals surface area contributed by atoms with Crippen LogP contribution in [-0.2, 0) is 0 Å². The molecule has 1 aliphatic carbocycles. The van der Waals surface area contributed by atoms with Crippen molar-refractivity contribution in [2.24, 2.45) is 0 Å². The molecule has 5 heteroatoms. The number of nitrogens with zero attached hydrogens (tertiary/aromatic N) is 1. The molecular formula is C19H24N4O. The van der Waals surface area contributed by atoms with Gasteiger partial charge in [-0.1, -0.05) is 37.5 Å². The van der Waals surface area contributed by atoms with Crippen LogP contribution in [0.2, 0.25) is 0 Å². The molecule has 0 radical (unpaired) electrons. The lowest BCUT2D eigenvalue weighted by atomic mass is 9.96. The molecular weight excluding hydrogens is 300 g/mol. The number of hydrogen-bond acceptors (Lipinski definition) is 3. The maximum atomic E-state index is 12.0. The third-order valence-corrected chi connectivity index (χ3v) is 4.37. The topological polar surface area (TPSA) is 66.0 Å². The number of pyridine rings is 1. The third kappa shape index (κ3) is 4.47. The number of anilines is 3. The van der Waals surface area contributed by atoms with Gasteiger partial charge in [0.2, 0.25) is 0 Å². The summed E-state index contributed by atoms with van der Waals surface area (Å²) in [6.07, 6.45) is 7.53. The molecule has 0 bridgehead atoms. The first kappa shape index (κ1) is 16.3. The zero-order chi connectivity index (χ0) is 16.8. The molecule has 24 heavy (non-hydrogen) atoms. The number of urea groups is 1. The Morgan fingerprint density at radius 1 is 1.08 bits per heavy atom. The summed E-state index contributed by atoms with van der Waals surface area (Å²) in [6.45, 7) is 2.06. The number of aryl methyl sites for hydroxylation is 1. The average Bonchev–Trinajstić information content (AvgIpc) is 2.59. The molecule has 1 fully saturated rings. The molecule has 1 saturated carbocycles. The van der Waals surface area contributed by atoms with Crippen molar-refractivity contribution < 1.29 is 4.79 Å². The van der Waals surface area contributed by atoms with Crippen molar-refractivity contribution in [1.82, 2.24) is 10.3 Å². The Labute approximate surface area is 142 Å². The van der Waals surface area contributed by atoms with Crippen molar-refractivity contribution in [1.29, 1.82) is 0 Å². The fourth-order valence-corrected chi connectivity index (χ4v) is 3.00. The number of carbonyl (C=O) groups is 1. The normalized spacial score (nSPS) is 14.9. The van der Waals surface area contributed by atoms with E-state index in [4.69, 9.17) is 0 Å². The third-order valence-electron chi connectivity index (χ3n) is 4.37. The Hall–Kier alpha value is -2.56. The number of para-hydroxylation sites is 1. The van der Waals surface area contributed by atoms with Crippen LogP contribution < -0.4 is 16.0 Å². The van der Waals surface area contributed by atoms with Crippen LogP contribution in [0, 0.1) is 6.92 Å². The fraction of sp³-hybridized carbons (Fsp3) is 0.368. The van der Waals surface area contributed by atoms with Gasteiger partial charge in [0.15, 0.2) is 0 Å². The Bertz CT molecular complexity index is 678. The Kier molecular flexibility index (Phi) is 5.31. The molecule has 1 heterocycles. The molecule has 0 aliphatic heterocycles. The van der Waals surface area contributed by atoms with E-state index in [1.807, 2.05) is 24.3 Å². The molecule has 2 aromatic rings. The molecule has 0 unspecified atom stereocenters. The van der Waals surface area contributed by atoms with Crippen molar-refractivity contribution in [3.63, 3.8) is 0 Å². The highest BCUT2D eigenvalue weighted by Gasteiger charge is 2.15. The number of rotatable bonds is 4. The Balaban J connectivity index is 1.54. The van der Waals surface area contributed by atoms with Crippen LogP contribution in [0.25, 0.3) is 0 Å². The van der Waals surface area contributed by atoms with Gasteiger partial charge in [-0.25, -0.2) is 9.78 Å². The number of aromatic nitrogens is 1. The summed E-state index contributed by atoms with van der Waals surface area (Å²) in [5, 5.41) is 9.15. The summed E-state index contributed by atoms with van der Waals surface area (Å²) in [7, 11) is 0. The summed E-state index contributed by atoms with van der Waals surface area (Å²) in [6, 6.07) is 11.9.